The minimum Gasteiger partial charge on any atom is -0.326 e. The number of thiophene rings is 1. The van der Waals surface area contributed by atoms with E-state index in [1.807, 2.05) is 11.3 Å². The van der Waals surface area contributed by atoms with Crippen LogP contribution in [0.1, 0.15) is 49.6 Å². The van der Waals surface area contributed by atoms with Crippen molar-refractivity contribution in [2.24, 2.45) is 11.7 Å². The van der Waals surface area contributed by atoms with Crippen molar-refractivity contribution in [1.29, 1.82) is 0 Å². The van der Waals surface area contributed by atoms with Crippen LogP contribution in [-0.4, -0.2) is 24.0 Å². The van der Waals surface area contributed by atoms with E-state index in [-0.39, 0.29) is 6.04 Å². The average molecular weight is 266 g/mol. The number of hydrogen-bond donors (Lipinski definition) is 1. The van der Waals surface area contributed by atoms with Gasteiger partial charge in [0.15, 0.2) is 0 Å². The molecule has 1 aliphatic rings. The van der Waals surface area contributed by atoms with Gasteiger partial charge in [0.2, 0.25) is 0 Å². The number of hydrogen-bond acceptors (Lipinski definition) is 3. The number of nitrogens with zero attached hydrogens (tertiary/aromatic N) is 1. The molecule has 1 fully saturated rings. The molecular weight excluding hydrogens is 240 g/mol. The Morgan fingerprint density at radius 2 is 2.11 bits per heavy atom. The van der Waals surface area contributed by atoms with Gasteiger partial charge in [0.1, 0.15) is 0 Å². The van der Waals surface area contributed by atoms with E-state index in [1.165, 1.54) is 42.8 Å². The first-order chi connectivity index (χ1) is 8.63. The Kier molecular flexibility index (Phi) is 4.82. The lowest BCUT2D eigenvalue weighted by atomic mass is 9.92. The Bertz CT molecular complexity index is 364. The summed E-state index contributed by atoms with van der Waals surface area (Å²) in [4.78, 5) is 4.08. The molecule has 0 aromatic carbocycles. The van der Waals surface area contributed by atoms with E-state index in [0.29, 0.717) is 6.04 Å². The first-order valence-electron chi connectivity index (χ1n) is 7.17. The quantitative estimate of drug-likeness (QED) is 0.903. The molecule has 102 valence electrons. The van der Waals surface area contributed by atoms with Gasteiger partial charge in [0.25, 0.3) is 0 Å². The lowest BCUT2D eigenvalue weighted by Gasteiger charge is -2.39. The SMILES string of the molecule is CCC1CCN(C(c2sccc2C)C(C)N)CC1. The molecule has 1 aromatic rings. The van der Waals surface area contributed by atoms with E-state index in [9.17, 15) is 0 Å². The van der Waals surface area contributed by atoms with E-state index in [2.05, 4.69) is 37.1 Å². The minimum atomic E-state index is 0.209. The zero-order valence-corrected chi connectivity index (χ0v) is 12.7. The summed E-state index contributed by atoms with van der Waals surface area (Å²) in [6.07, 6.45) is 4.00. The third-order valence-electron chi connectivity index (χ3n) is 4.29. The number of aryl methyl sites for hydroxylation is 1. The molecule has 0 bridgehead atoms. The molecule has 3 heteroatoms. The third kappa shape index (κ3) is 2.95. The largest absolute Gasteiger partial charge is 0.326 e. The van der Waals surface area contributed by atoms with E-state index in [1.54, 1.807) is 0 Å². The van der Waals surface area contributed by atoms with E-state index in [4.69, 9.17) is 5.73 Å². The Balaban J connectivity index is 2.10. The summed E-state index contributed by atoms with van der Waals surface area (Å²) in [5.74, 6) is 0.930. The second-order valence-corrected chi connectivity index (χ2v) is 6.61. The van der Waals surface area contributed by atoms with Gasteiger partial charge >= 0.3 is 0 Å². The van der Waals surface area contributed by atoms with Crippen LogP contribution in [0.5, 0.6) is 0 Å². The summed E-state index contributed by atoms with van der Waals surface area (Å²) in [6, 6.07) is 2.84. The summed E-state index contributed by atoms with van der Waals surface area (Å²) in [5.41, 5.74) is 7.66. The lowest BCUT2D eigenvalue weighted by molar-refractivity contribution is 0.119. The van der Waals surface area contributed by atoms with Crippen molar-refractivity contribution >= 4 is 11.3 Å². The highest BCUT2D eigenvalue weighted by Gasteiger charge is 2.29. The Morgan fingerprint density at radius 3 is 2.56 bits per heavy atom. The molecule has 0 aliphatic carbocycles. The predicted octanol–water partition coefficient (Wildman–Crippen LogP) is 3.57. The van der Waals surface area contributed by atoms with Crippen molar-refractivity contribution < 1.29 is 0 Å². The van der Waals surface area contributed by atoms with Crippen LogP contribution < -0.4 is 5.73 Å². The maximum absolute atomic E-state index is 6.26. The smallest absolute Gasteiger partial charge is 0.0593 e. The molecule has 2 atom stereocenters. The maximum Gasteiger partial charge on any atom is 0.0593 e. The molecule has 18 heavy (non-hydrogen) atoms. The molecule has 2 nitrogen and oxygen atoms in total. The van der Waals surface area contributed by atoms with Gasteiger partial charge in [-0.25, -0.2) is 0 Å². The first-order valence-corrected chi connectivity index (χ1v) is 8.05. The fourth-order valence-corrected chi connectivity index (χ4v) is 4.24. The summed E-state index contributed by atoms with van der Waals surface area (Å²) >= 11 is 1.86. The molecule has 2 unspecified atom stereocenters. The molecule has 0 spiro atoms. The van der Waals surface area contributed by atoms with Crippen molar-refractivity contribution in [2.45, 2.75) is 52.1 Å². The number of likely N-dealkylation sites (tertiary alicyclic amines) is 1. The van der Waals surface area contributed by atoms with Crippen LogP contribution in [0.25, 0.3) is 0 Å². The second-order valence-electron chi connectivity index (χ2n) is 5.66. The number of nitrogens with two attached hydrogens (primary N) is 1. The summed E-state index contributed by atoms with van der Waals surface area (Å²) in [5, 5.41) is 2.19. The summed E-state index contributed by atoms with van der Waals surface area (Å²) in [7, 11) is 0. The van der Waals surface area contributed by atoms with Gasteiger partial charge in [-0.3, -0.25) is 4.90 Å². The van der Waals surface area contributed by atoms with Crippen molar-refractivity contribution in [1.82, 2.24) is 4.90 Å². The molecule has 0 radical (unpaired) electrons. The van der Waals surface area contributed by atoms with Crippen LogP contribution in [0.4, 0.5) is 0 Å². The van der Waals surface area contributed by atoms with Crippen molar-refractivity contribution in [2.75, 3.05) is 13.1 Å². The molecule has 2 heterocycles. The fourth-order valence-electron chi connectivity index (χ4n) is 3.06. The van der Waals surface area contributed by atoms with Gasteiger partial charge in [-0.15, -0.1) is 11.3 Å². The molecule has 1 aliphatic heterocycles. The predicted molar refractivity (Wildman–Crippen MR) is 80.0 cm³/mol. The monoisotopic (exact) mass is 266 g/mol. The van der Waals surface area contributed by atoms with Crippen LogP contribution in [-0.2, 0) is 0 Å². The summed E-state index contributed by atoms with van der Waals surface area (Å²) < 4.78 is 0. The highest BCUT2D eigenvalue weighted by atomic mass is 32.1. The van der Waals surface area contributed by atoms with Crippen LogP contribution in [0.3, 0.4) is 0 Å². The van der Waals surface area contributed by atoms with E-state index < -0.39 is 0 Å². The van der Waals surface area contributed by atoms with Gasteiger partial charge in [0, 0.05) is 10.9 Å². The Morgan fingerprint density at radius 1 is 1.44 bits per heavy atom. The molecule has 1 saturated heterocycles. The van der Waals surface area contributed by atoms with Gasteiger partial charge in [-0.05, 0) is 62.7 Å². The van der Waals surface area contributed by atoms with Gasteiger partial charge < -0.3 is 5.73 Å². The first kappa shape index (κ1) is 14.0. The maximum atomic E-state index is 6.26. The molecule has 1 aromatic heterocycles. The van der Waals surface area contributed by atoms with Crippen LogP contribution in [0.15, 0.2) is 11.4 Å². The number of piperidine rings is 1. The zero-order valence-electron chi connectivity index (χ0n) is 11.9. The van der Waals surface area contributed by atoms with Crippen LogP contribution in [0.2, 0.25) is 0 Å². The highest BCUT2D eigenvalue weighted by Crippen LogP contribution is 2.34. The standard InChI is InChI=1S/C15H26N2S/c1-4-13-5-8-17(9-6-13)14(12(3)16)15-11(2)7-10-18-15/h7,10,12-14H,4-6,8-9,16H2,1-3H3. The van der Waals surface area contributed by atoms with E-state index >= 15 is 0 Å². The molecule has 2 N–H and O–H groups in total. The second kappa shape index (κ2) is 6.18. The summed E-state index contributed by atoms with van der Waals surface area (Å²) in [6.45, 7) is 9.09. The topological polar surface area (TPSA) is 29.3 Å². The van der Waals surface area contributed by atoms with Crippen molar-refractivity contribution in [3.05, 3.63) is 21.9 Å². The Labute approximate surface area is 115 Å². The normalized spacial score (nSPS) is 22.0. The third-order valence-corrected chi connectivity index (χ3v) is 5.38. The van der Waals surface area contributed by atoms with Gasteiger partial charge in [-0.1, -0.05) is 13.3 Å². The molecular formula is C15H26N2S. The minimum absolute atomic E-state index is 0.209. The van der Waals surface area contributed by atoms with Gasteiger partial charge in [-0.2, -0.15) is 0 Å². The lowest BCUT2D eigenvalue weighted by Crippen LogP contribution is -2.43. The van der Waals surface area contributed by atoms with Crippen LogP contribution in [0, 0.1) is 12.8 Å². The zero-order chi connectivity index (χ0) is 13.1. The molecule has 2 rings (SSSR count). The number of rotatable bonds is 4. The van der Waals surface area contributed by atoms with Gasteiger partial charge in [0.05, 0.1) is 6.04 Å². The molecule has 0 saturated carbocycles. The Hall–Kier alpha value is -0.380. The van der Waals surface area contributed by atoms with Crippen molar-refractivity contribution in [3.8, 4) is 0 Å². The molecule has 0 amide bonds. The average Bonchev–Trinajstić information content (AvgIpc) is 2.76. The fraction of sp³-hybridized carbons (Fsp3) is 0.733. The van der Waals surface area contributed by atoms with E-state index in [0.717, 1.165) is 5.92 Å². The van der Waals surface area contributed by atoms with Crippen molar-refractivity contribution in [3.63, 3.8) is 0 Å². The highest BCUT2D eigenvalue weighted by molar-refractivity contribution is 7.10. The van der Waals surface area contributed by atoms with Crippen LogP contribution >= 0.6 is 11.3 Å².